The molecule has 0 aliphatic carbocycles. The van der Waals surface area contributed by atoms with Crippen molar-refractivity contribution in [1.82, 2.24) is 25.4 Å². The molecule has 0 radical (unpaired) electrons. The number of nitrogens with zero attached hydrogens (tertiary/aromatic N) is 3. The van der Waals surface area contributed by atoms with E-state index in [1.54, 1.807) is 11.9 Å². The molecule has 2 N–H and O–H groups in total. The Balaban J connectivity index is 2.52. The molecular weight excluding hydrogens is 206 g/mol. The summed E-state index contributed by atoms with van der Waals surface area (Å²) in [6.45, 7) is 8.04. The second-order valence-electron chi connectivity index (χ2n) is 4.87. The number of aryl methyl sites for hydroxylation is 1. The highest BCUT2D eigenvalue weighted by Crippen LogP contribution is 2.02. The molecule has 0 saturated heterocycles. The molecule has 0 aliphatic heterocycles. The van der Waals surface area contributed by atoms with Gasteiger partial charge in [0.25, 0.3) is 0 Å². The molecule has 6 nitrogen and oxygen atoms in total. The van der Waals surface area contributed by atoms with Crippen LogP contribution in [0.1, 0.15) is 32.4 Å². The van der Waals surface area contributed by atoms with E-state index in [-0.39, 0.29) is 11.6 Å². The van der Waals surface area contributed by atoms with Crippen molar-refractivity contribution in [2.45, 2.75) is 39.8 Å². The molecule has 0 spiro atoms. The molecule has 2 amide bonds. The van der Waals surface area contributed by atoms with Gasteiger partial charge in [-0.25, -0.2) is 9.78 Å². The van der Waals surface area contributed by atoms with Crippen molar-refractivity contribution in [3.05, 3.63) is 11.6 Å². The summed E-state index contributed by atoms with van der Waals surface area (Å²) in [5, 5.41) is 9.59. The van der Waals surface area contributed by atoms with Crippen molar-refractivity contribution in [1.29, 1.82) is 0 Å². The van der Waals surface area contributed by atoms with Gasteiger partial charge in [0.1, 0.15) is 5.82 Å². The van der Waals surface area contributed by atoms with Crippen LogP contribution in [-0.4, -0.2) is 38.7 Å². The fraction of sp³-hybridized carbons (Fsp3) is 0.700. The van der Waals surface area contributed by atoms with Crippen LogP contribution in [0.15, 0.2) is 0 Å². The smallest absolute Gasteiger partial charge is 0.317 e. The van der Waals surface area contributed by atoms with E-state index in [1.807, 2.05) is 27.7 Å². The molecule has 1 aromatic rings. The normalized spacial score (nSPS) is 11.3. The lowest BCUT2D eigenvalue weighted by Gasteiger charge is -2.25. The Labute approximate surface area is 95.4 Å². The number of nitrogens with one attached hydrogen (secondary N) is 2. The molecular formula is C10H19N5O. The summed E-state index contributed by atoms with van der Waals surface area (Å²) in [5.74, 6) is 1.36. The van der Waals surface area contributed by atoms with Gasteiger partial charge in [0.2, 0.25) is 0 Å². The van der Waals surface area contributed by atoms with Crippen LogP contribution in [0, 0.1) is 6.92 Å². The van der Waals surface area contributed by atoms with E-state index in [4.69, 9.17) is 0 Å². The van der Waals surface area contributed by atoms with Gasteiger partial charge in [0.05, 0.1) is 6.54 Å². The van der Waals surface area contributed by atoms with E-state index in [0.717, 1.165) is 5.82 Å². The van der Waals surface area contributed by atoms with E-state index >= 15 is 0 Å². The second kappa shape index (κ2) is 4.51. The Kier molecular flexibility index (Phi) is 3.51. The summed E-state index contributed by atoms with van der Waals surface area (Å²) in [5.41, 5.74) is -0.236. The molecule has 90 valence electrons. The highest BCUT2D eigenvalue weighted by Gasteiger charge is 2.17. The number of amides is 2. The number of carbonyl (C=O) groups excluding carboxylic acids is 1. The molecule has 0 aromatic carbocycles. The van der Waals surface area contributed by atoms with Gasteiger partial charge < -0.3 is 10.2 Å². The maximum atomic E-state index is 11.7. The van der Waals surface area contributed by atoms with Gasteiger partial charge in [-0.2, -0.15) is 5.10 Å². The van der Waals surface area contributed by atoms with Gasteiger partial charge in [-0.3, -0.25) is 5.10 Å². The van der Waals surface area contributed by atoms with Crippen LogP contribution in [-0.2, 0) is 6.54 Å². The molecule has 16 heavy (non-hydrogen) atoms. The third-order valence-corrected chi connectivity index (χ3v) is 1.85. The summed E-state index contributed by atoms with van der Waals surface area (Å²) in [4.78, 5) is 17.4. The number of H-pyrrole nitrogens is 1. The molecule has 0 unspecified atom stereocenters. The number of carbonyl (C=O) groups is 1. The first kappa shape index (κ1) is 12.5. The van der Waals surface area contributed by atoms with E-state index in [2.05, 4.69) is 20.5 Å². The van der Waals surface area contributed by atoms with Gasteiger partial charge in [-0.1, -0.05) is 0 Å². The molecule has 0 atom stereocenters. The Bertz CT molecular complexity index is 366. The average molecular weight is 225 g/mol. The first-order valence-electron chi connectivity index (χ1n) is 5.19. The van der Waals surface area contributed by atoms with E-state index in [9.17, 15) is 4.79 Å². The minimum atomic E-state index is -0.236. The zero-order valence-corrected chi connectivity index (χ0v) is 10.5. The number of urea groups is 1. The number of aromatic nitrogens is 3. The van der Waals surface area contributed by atoms with Crippen LogP contribution in [0.5, 0.6) is 0 Å². The highest BCUT2D eigenvalue weighted by atomic mass is 16.2. The Morgan fingerprint density at radius 3 is 2.56 bits per heavy atom. The van der Waals surface area contributed by atoms with E-state index < -0.39 is 0 Å². The third-order valence-electron chi connectivity index (χ3n) is 1.85. The molecule has 6 heteroatoms. The van der Waals surface area contributed by atoms with Crippen LogP contribution < -0.4 is 5.32 Å². The number of hydrogen-bond acceptors (Lipinski definition) is 3. The monoisotopic (exact) mass is 225 g/mol. The SMILES string of the molecule is Cc1nc(CN(C)C(=O)NC(C)(C)C)n[nH]1. The molecule has 1 rings (SSSR count). The van der Waals surface area contributed by atoms with Crippen molar-refractivity contribution in [3.8, 4) is 0 Å². The standard InChI is InChI=1S/C10H19N5O/c1-7-11-8(14-13-7)6-15(5)9(16)12-10(2,3)4/h6H2,1-5H3,(H,12,16)(H,11,13,14). The Morgan fingerprint density at radius 2 is 2.12 bits per heavy atom. The minimum Gasteiger partial charge on any atom is -0.333 e. The lowest BCUT2D eigenvalue weighted by atomic mass is 10.1. The highest BCUT2D eigenvalue weighted by molar-refractivity contribution is 5.74. The first-order valence-corrected chi connectivity index (χ1v) is 5.19. The zero-order valence-electron chi connectivity index (χ0n) is 10.5. The summed E-state index contributed by atoms with van der Waals surface area (Å²) in [7, 11) is 1.72. The predicted octanol–water partition coefficient (Wildman–Crippen LogP) is 1.05. The maximum absolute atomic E-state index is 11.7. The molecule has 1 heterocycles. The molecule has 1 aromatic heterocycles. The van der Waals surface area contributed by atoms with Crippen LogP contribution in [0.4, 0.5) is 4.79 Å². The van der Waals surface area contributed by atoms with Gasteiger partial charge in [-0.15, -0.1) is 0 Å². The van der Waals surface area contributed by atoms with Crippen molar-refractivity contribution in [2.75, 3.05) is 7.05 Å². The lowest BCUT2D eigenvalue weighted by Crippen LogP contribution is -2.46. The van der Waals surface area contributed by atoms with Crippen molar-refractivity contribution in [3.63, 3.8) is 0 Å². The zero-order chi connectivity index (χ0) is 12.3. The van der Waals surface area contributed by atoms with E-state index in [1.165, 1.54) is 0 Å². The number of hydrogen-bond donors (Lipinski definition) is 2. The Morgan fingerprint density at radius 1 is 1.50 bits per heavy atom. The van der Waals surface area contributed by atoms with Crippen LogP contribution in [0.2, 0.25) is 0 Å². The summed E-state index contributed by atoms with van der Waals surface area (Å²) < 4.78 is 0. The van der Waals surface area contributed by atoms with Crippen molar-refractivity contribution < 1.29 is 4.79 Å². The molecule has 0 saturated carbocycles. The molecule has 0 fully saturated rings. The number of rotatable bonds is 2. The van der Waals surface area contributed by atoms with Crippen LogP contribution in [0.3, 0.4) is 0 Å². The Hall–Kier alpha value is -1.59. The van der Waals surface area contributed by atoms with Crippen LogP contribution in [0.25, 0.3) is 0 Å². The maximum Gasteiger partial charge on any atom is 0.317 e. The second-order valence-corrected chi connectivity index (χ2v) is 4.87. The fourth-order valence-electron chi connectivity index (χ4n) is 1.16. The number of aromatic amines is 1. The van der Waals surface area contributed by atoms with Gasteiger partial charge in [0, 0.05) is 12.6 Å². The average Bonchev–Trinajstić information content (AvgIpc) is 2.48. The fourth-order valence-corrected chi connectivity index (χ4v) is 1.16. The summed E-state index contributed by atoms with van der Waals surface area (Å²) in [6.07, 6.45) is 0. The molecule has 0 bridgehead atoms. The summed E-state index contributed by atoms with van der Waals surface area (Å²) >= 11 is 0. The minimum absolute atomic E-state index is 0.130. The first-order chi connectivity index (χ1) is 7.28. The van der Waals surface area contributed by atoms with Gasteiger partial charge in [0.15, 0.2) is 5.82 Å². The summed E-state index contributed by atoms with van der Waals surface area (Å²) in [6, 6.07) is -0.130. The van der Waals surface area contributed by atoms with Gasteiger partial charge in [-0.05, 0) is 27.7 Å². The quantitative estimate of drug-likeness (QED) is 0.790. The molecule has 0 aliphatic rings. The predicted molar refractivity (Wildman–Crippen MR) is 60.9 cm³/mol. The lowest BCUT2D eigenvalue weighted by molar-refractivity contribution is 0.196. The van der Waals surface area contributed by atoms with Crippen molar-refractivity contribution in [2.24, 2.45) is 0 Å². The third kappa shape index (κ3) is 3.88. The van der Waals surface area contributed by atoms with Crippen LogP contribution >= 0.6 is 0 Å². The largest absolute Gasteiger partial charge is 0.333 e. The van der Waals surface area contributed by atoms with E-state index in [0.29, 0.717) is 12.4 Å². The van der Waals surface area contributed by atoms with Gasteiger partial charge >= 0.3 is 6.03 Å². The van der Waals surface area contributed by atoms with Crippen molar-refractivity contribution >= 4 is 6.03 Å². The topological polar surface area (TPSA) is 73.9 Å².